The predicted molar refractivity (Wildman–Crippen MR) is 98.0 cm³/mol. The van der Waals surface area contributed by atoms with E-state index in [1.165, 1.54) is 19.4 Å². The minimum Gasteiger partial charge on any atom is -0.409 e. The summed E-state index contributed by atoms with van der Waals surface area (Å²) in [5, 5.41) is 8.69. The van der Waals surface area contributed by atoms with Gasteiger partial charge < -0.3 is 9.47 Å². The summed E-state index contributed by atoms with van der Waals surface area (Å²) < 4.78 is 10.8. The van der Waals surface area contributed by atoms with Crippen molar-refractivity contribution in [2.45, 2.75) is 39.5 Å². The Balaban J connectivity index is 2.13. The van der Waals surface area contributed by atoms with Crippen molar-refractivity contribution in [2.24, 2.45) is 15.6 Å². The van der Waals surface area contributed by atoms with Gasteiger partial charge in [0.05, 0.1) is 0 Å². The first-order valence-electron chi connectivity index (χ1n) is 8.27. The van der Waals surface area contributed by atoms with E-state index >= 15 is 0 Å². The molecular weight excluding hydrogens is 356 g/mol. The van der Waals surface area contributed by atoms with Gasteiger partial charge in [-0.3, -0.25) is 9.59 Å². The molecule has 0 aromatic heterocycles. The van der Waals surface area contributed by atoms with E-state index in [4.69, 9.17) is 21.1 Å². The molecule has 0 N–H and O–H groups in total. The lowest BCUT2D eigenvalue weighted by Crippen LogP contribution is -2.46. The van der Waals surface area contributed by atoms with Gasteiger partial charge in [-0.15, -0.1) is 10.2 Å². The molecule has 1 aliphatic carbocycles. The lowest BCUT2D eigenvalue weighted by Gasteiger charge is -2.39. The lowest BCUT2D eigenvalue weighted by molar-refractivity contribution is -0.133. The van der Waals surface area contributed by atoms with Crippen LogP contribution in [0.1, 0.15) is 45.1 Å². The first-order valence-corrected chi connectivity index (χ1v) is 8.65. The van der Waals surface area contributed by atoms with Crippen LogP contribution < -0.4 is 0 Å². The number of carbonyl (C=O) groups excluding carboxylic acids is 2. The smallest absolute Gasteiger partial charge is 0.309 e. The predicted octanol–water partition coefficient (Wildman–Crippen LogP) is 4.00. The summed E-state index contributed by atoms with van der Waals surface area (Å²) in [5.41, 5.74) is 1.22. The van der Waals surface area contributed by atoms with Gasteiger partial charge in [-0.2, -0.15) is 0 Å². The van der Waals surface area contributed by atoms with Gasteiger partial charge in [0.15, 0.2) is 0 Å². The number of halogens is 1. The zero-order valence-corrected chi connectivity index (χ0v) is 15.5. The minimum absolute atomic E-state index is 0.157. The molecule has 0 saturated carbocycles. The molecule has 6 nitrogen and oxygen atoms in total. The van der Waals surface area contributed by atoms with Gasteiger partial charge in [0.1, 0.15) is 5.41 Å². The Hall–Kier alpha value is -2.47. The van der Waals surface area contributed by atoms with E-state index in [0.29, 0.717) is 17.9 Å². The Labute approximate surface area is 156 Å². The van der Waals surface area contributed by atoms with E-state index in [-0.39, 0.29) is 17.7 Å². The molecule has 26 heavy (non-hydrogen) atoms. The van der Waals surface area contributed by atoms with Crippen LogP contribution in [0, 0.1) is 5.41 Å². The quantitative estimate of drug-likeness (QED) is 0.549. The van der Waals surface area contributed by atoms with Crippen molar-refractivity contribution in [1.29, 1.82) is 0 Å². The van der Waals surface area contributed by atoms with Crippen LogP contribution in [0.15, 0.2) is 46.1 Å². The second-order valence-corrected chi connectivity index (χ2v) is 6.97. The van der Waals surface area contributed by atoms with E-state index in [9.17, 15) is 9.59 Å². The monoisotopic (exact) mass is 374 g/mol. The van der Waals surface area contributed by atoms with E-state index in [1.807, 2.05) is 25.1 Å². The molecule has 1 aliphatic heterocycles. The van der Waals surface area contributed by atoms with Crippen LogP contribution in [0.2, 0.25) is 5.02 Å². The largest absolute Gasteiger partial charge is 0.409 e. The fourth-order valence-corrected chi connectivity index (χ4v) is 3.61. The van der Waals surface area contributed by atoms with Crippen LogP contribution in [-0.2, 0) is 19.1 Å². The highest BCUT2D eigenvalue weighted by Crippen LogP contribution is 2.51. The number of hydrogen-bond donors (Lipinski definition) is 0. The van der Waals surface area contributed by atoms with E-state index in [1.54, 1.807) is 12.1 Å². The molecule has 0 saturated heterocycles. The normalized spacial score (nSPS) is 20.9. The average molecular weight is 375 g/mol. The molecule has 1 heterocycles. The Morgan fingerprint density at radius 3 is 2.12 bits per heavy atom. The lowest BCUT2D eigenvalue weighted by atomic mass is 9.64. The number of allylic oxidation sites excluding steroid dienone is 2. The standard InChI is InChI=1S/C19H19ClN2O4/c1-11-8-9-19(16(10-11)14-4-6-15(20)7-5-14)17(25-12(2)23)21-22-18(19)26-13(3)24/h4-8,16H,9-10H2,1-3H3. The Morgan fingerprint density at radius 2 is 1.62 bits per heavy atom. The third kappa shape index (κ3) is 3.29. The fourth-order valence-electron chi connectivity index (χ4n) is 3.48. The molecular formula is C19H19ClN2O4. The number of carbonyl (C=O) groups is 2. The van der Waals surface area contributed by atoms with E-state index in [2.05, 4.69) is 10.2 Å². The maximum absolute atomic E-state index is 11.6. The van der Waals surface area contributed by atoms with Crippen LogP contribution in [-0.4, -0.2) is 23.7 Å². The summed E-state index contributed by atoms with van der Waals surface area (Å²) in [7, 11) is 0. The van der Waals surface area contributed by atoms with Crippen molar-refractivity contribution < 1.29 is 19.1 Å². The Morgan fingerprint density at radius 1 is 1.08 bits per heavy atom. The highest BCUT2D eigenvalue weighted by Gasteiger charge is 2.56. The maximum atomic E-state index is 11.6. The van der Waals surface area contributed by atoms with Gasteiger partial charge in [-0.25, -0.2) is 0 Å². The van der Waals surface area contributed by atoms with Gasteiger partial charge in [0, 0.05) is 24.8 Å². The summed E-state index contributed by atoms with van der Waals surface area (Å²) in [6.45, 7) is 4.65. The molecule has 7 heteroatoms. The second kappa shape index (κ2) is 7.03. The van der Waals surface area contributed by atoms with Crippen molar-refractivity contribution >= 4 is 35.3 Å². The highest BCUT2D eigenvalue weighted by molar-refractivity contribution is 6.30. The van der Waals surface area contributed by atoms with Crippen LogP contribution in [0.4, 0.5) is 0 Å². The number of benzene rings is 1. The van der Waals surface area contributed by atoms with Gasteiger partial charge in [-0.05, 0) is 37.5 Å². The third-order valence-electron chi connectivity index (χ3n) is 4.64. The SMILES string of the molecule is CC(=O)OC1=NN=C(OC(C)=O)C12CC=C(C)CC2c1ccc(Cl)cc1. The third-order valence-corrected chi connectivity index (χ3v) is 4.89. The summed E-state index contributed by atoms with van der Waals surface area (Å²) in [5.74, 6) is -0.842. The molecule has 0 amide bonds. The topological polar surface area (TPSA) is 77.3 Å². The van der Waals surface area contributed by atoms with Crippen molar-refractivity contribution in [1.82, 2.24) is 0 Å². The molecule has 0 fully saturated rings. The summed E-state index contributed by atoms with van der Waals surface area (Å²) >= 11 is 6.03. The molecule has 136 valence electrons. The Kier molecular flexibility index (Phi) is 4.96. The van der Waals surface area contributed by atoms with Gasteiger partial charge in [0.25, 0.3) is 0 Å². The molecule has 1 atom stereocenters. The van der Waals surface area contributed by atoms with Crippen molar-refractivity contribution in [3.8, 4) is 0 Å². The maximum Gasteiger partial charge on any atom is 0.309 e. The van der Waals surface area contributed by atoms with E-state index < -0.39 is 17.4 Å². The molecule has 0 radical (unpaired) electrons. The van der Waals surface area contributed by atoms with Crippen LogP contribution in [0.3, 0.4) is 0 Å². The Bertz CT molecular complexity index is 808. The summed E-state index contributed by atoms with van der Waals surface area (Å²) in [6.07, 6.45) is 3.18. The first kappa shape index (κ1) is 18.3. The van der Waals surface area contributed by atoms with E-state index in [0.717, 1.165) is 5.56 Å². The fraction of sp³-hybridized carbons (Fsp3) is 0.368. The molecule has 2 aliphatic rings. The molecule has 1 aromatic carbocycles. The number of ether oxygens (including phenoxy) is 2. The first-order chi connectivity index (χ1) is 12.3. The number of esters is 2. The number of hydrogen-bond acceptors (Lipinski definition) is 6. The molecule has 1 aromatic rings. The molecule has 1 spiro atoms. The number of nitrogens with zero attached hydrogens (tertiary/aromatic N) is 2. The molecule has 1 unspecified atom stereocenters. The van der Waals surface area contributed by atoms with Gasteiger partial charge >= 0.3 is 11.9 Å². The van der Waals surface area contributed by atoms with Crippen molar-refractivity contribution in [2.75, 3.05) is 0 Å². The zero-order chi connectivity index (χ0) is 18.9. The molecule has 0 bridgehead atoms. The van der Waals surface area contributed by atoms with Crippen LogP contribution in [0.5, 0.6) is 0 Å². The summed E-state index contributed by atoms with van der Waals surface area (Å²) in [4.78, 5) is 23.2. The van der Waals surface area contributed by atoms with Gasteiger partial charge in [0.2, 0.25) is 11.8 Å². The van der Waals surface area contributed by atoms with Crippen LogP contribution in [0.25, 0.3) is 0 Å². The van der Waals surface area contributed by atoms with Crippen LogP contribution >= 0.6 is 11.6 Å². The van der Waals surface area contributed by atoms with Crippen molar-refractivity contribution in [3.63, 3.8) is 0 Å². The van der Waals surface area contributed by atoms with Gasteiger partial charge in [-0.1, -0.05) is 35.4 Å². The number of rotatable bonds is 1. The van der Waals surface area contributed by atoms with Crippen molar-refractivity contribution in [3.05, 3.63) is 46.5 Å². The molecule has 3 rings (SSSR count). The average Bonchev–Trinajstić information content (AvgIpc) is 2.88. The second-order valence-electron chi connectivity index (χ2n) is 6.53. The minimum atomic E-state index is -0.940. The summed E-state index contributed by atoms with van der Waals surface area (Å²) in [6, 6.07) is 7.45. The zero-order valence-electron chi connectivity index (χ0n) is 14.8. The highest BCUT2D eigenvalue weighted by atomic mass is 35.5.